The fraction of sp³-hybridized carbons (Fsp3) is 0. The fourth-order valence-corrected chi connectivity index (χ4v) is 2.30. The molecule has 0 aliphatic carbocycles. The van der Waals surface area contributed by atoms with E-state index in [0.29, 0.717) is 0 Å². The lowest BCUT2D eigenvalue weighted by Gasteiger charge is -2.01. The van der Waals surface area contributed by atoms with E-state index >= 15 is 0 Å². The third-order valence-corrected chi connectivity index (χ3v) is 3.34. The van der Waals surface area contributed by atoms with Crippen LogP contribution in [0.4, 0.5) is 4.39 Å². The molecule has 5 heteroatoms. The van der Waals surface area contributed by atoms with Gasteiger partial charge in [0.25, 0.3) is 0 Å². The second kappa shape index (κ2) is 4.56. The maximum atomic E-state index is 13.0. The summed E-state index contributed by atoms with van der Waals surface area (Å²) < 4.78 is 16.7. The van der Waals surface area contributed by atoms with Crippen molar-refractivity contribution in [2.75, 3.05) is 0 Å². The van der Waals surface area contributed by atoms with Crippen molar-refractivity contribution in [1.82, 2.24) is 19.2 Å². The van der Waals surface area contributed by atoms with E-state index in [0.717, 1.165) is 22.6 Å². The van der Waals surface area contributed by atoms with Crippen molar-refractivity contribution >= 4 is 5.65 Å². The molecule has 0 atom stereocenters. The van der Waals surface area contributed by atoms with Crippen LogP contribution in [0, 0.1) is 5.82 Å². The van der Waals surface area contributed by atoms with E-state index in [4.69, 9.17) is 0 Å². The van der Waals surface area contributed by atoms with Crippen molar-refractivity contribution in [3.05, 3.63) is 73.1 Å². The third kappa shape index (κ3) is 2.08. The molecule has 1 aromatic carbocycles. The number of pyridine rings is 1. The minimum absolute atomic E-state index is 0.247. The summed E-state index contributed by atoms with van der Waals surface area (Å²) in [6.45, 7) is 0. The molecule has 0 N–H and O–H groups in total. The molecule has 0 saturated carbocycles. The van der Waals surface area contributed by atoms with Gasteiger partial charge in [-0.15, -0.1) is 0 Å². The second-order valence-corrected chi connectivity index (χ2v) is 4.74. The van der Waals surface area contributed by atoms with E-state index in [-0.39, 0.29) is 5.82 Å². The average Bonchev–Trinajstić information content (AvgIpc) is 3.16. The smallest absolute Gasteiger partial charge is 0.137 e. The lowest BCUT2D eigenvalue weighted by molar-refractivity contribution is 0.628. The molecular weight excluding hydrogens is 267 g/mol. The van der Waals surface area contributed by atoms with Crippen molar-refractivity contribution in [2.45, 2.75) is 0 Å². The molecule has 3 heterocycles. The number of rotatable bonds is 2. The number of hydrogen-bond acceptors (Lipinski definition) is 2. The van der Waals surface area contributed by atoms with Gasteiger partial charge >= 0.3 is 0 Å². The SMILES string of the molecule is Fc1ccc(-c2cn3cc(-n4cccn4)ccc3n2)cc1. The molecular formula is C16H11FN4. The maximum absolute atomic E-state index is 13.0. The molecule has 4 aromatic rings. The van der Waals surface area contributed by atoms with E-state index in [1.807, 2.05) is 41.2 Å². The molecule has 0 saturated heterocycles. The average molecular weight is 278 g/mol. The predicted octanol–water partition coefficient (Wildman–Crippen LogP) is 3.33. The first-order chi connectivity index (χ1) is 10.3. The first kappa shape index (κ1) is 11.8. The molecule has 0 aliphatic rings. The lowest BCUT2D eigenvalue weighted by atomic mass is 10.2. The Morgan fingerprint density at radius 1 is 0.952 bits per heavy atom. The van der Waals surface area contributed by atoms with Gasteiger partial charge in [0.15, 0.2) is 0 Å². The summed E-state index contributed by atoms with van der Waals surface area (Å²) >= 11 is 0. The number of halogens is 1. The van der Waals surface area contributed by atoms with Crippen LogP contribution < -0.4 is 0 Å². The van der Waals surface area contributed by atoms with Crippen molar-refractivity contribution in [3.63, 3.8) is 0 Å². The van der Waals surface area contributed by atoms with Gasteiger partial charge < -0.3 is 4.40 Å². The van der Waals surface area contributed by atoms with Crippen LogP contribution in [0.1, 0.15) is 0 Å². The zero-order chi connectivity index (χ0) is 14.2. The number of imidazole rings is 1. The fourth-order valence-electron chi connectivity index (χ4n) is 2.30. The van der Waals surface area contributed by atoms with Crippen LogP contribution in [-0.4, -0.2) is 19.2 Å². The molecule has 0 aliphatic heterocycles. The number of nitrogens with zero attached hydrogens (tertiary/aromatic N) is 4. The highest BCUT2D eigenvalue weighted by Gasteiger charge is 2.06. The van der Waals surface area contributed by atoms with Gasteiger partial charge in [-0.25, -0.2) is 14.1 Å². The molecule has 0 fully saturated rings. The van der Waals surface area contributed by atoms with E-state index in [9.17, 15) is 4.39 Å². The van der Waals surface area contributed by atoms with Gasteiger partial charge in [-0.1, -0.05) is 0 Å². The summed E-state index contributed by atoms with van der Waals surface area (Å²) in [5.74, 6) is -0.247. The van der Waals surface area contributed by atoms with Crippen molar-refractivity contribution in [3.8, 4) is 16.9 Å². The summed E-state index contributed by atoms with van der Waals surface area (Å²) in [6.07, 6.45) is 7.51. The lowest BCUT2D eigenvalue weighted by Crippen LogP contribution is -1.96. The Balaban J connectivity index is 1.81. The minimum Gasteiger partial charge on any atom is -0.304 e. The van der Waals surface area contributed by atoms with Crippen LogP contribution in [0.5, 0.6) is 0 Å². The molecule has 4 rings (SSSR count). The first-order valence-electron chi connectivity index (χ1n) is 6.54. The van der Waals surface area contributed by atoms with Gasteiger partial charge in [-0.2, -0.15) is 5.10 Å². The molecule has 0 spiro atoms. The quantitative estimate of drug-likeness (QED) is 0.564. The van der Waals surface area contributed by atoms with Crippen LogP contribution in [-0.2, 0) is 0 Å². The molecule has 3 aromatic heterocycles. The summed E-state index contributed by atoms with van der Waals surface area (Å²) in [5.41, 5.74) is 3.49. The summed E-state index contributed by atoms with van der Waals surface area (Å²) in [5, 5.41) is 4.21. The summed E-state index contributed by atoms with van der Waals surface area (Å²) in [7, 11) is 0. The molecule has 0 bridgehead atoms. The summed E-state index contributed by atoms with van der Waals surface area (Å²) in [4.78, 5) is 4.55. The number of fused-ring (bicyclic) bond motifs is 1. The largest absolute Gasteiger partial charge is 0.304 e. The normalized spacial score (nSPS) is 11.1. The Kier molecular flexibility index (Phi) is 2.57. The molecule has 21 heavy (non-hydrogen) atoms. The Morgan fingerprint density at radius 3 is 2.57 bits per heavy atom. The Morgan fingerprint density at radius 2 is 1.81 bits per heavy atom. The second-order valence-electron chi connectivity index (χ2n) is 4.74. The zero-order valence-electron chi connectivity index (χ0n) is 11.0. The zero-order valence-corrected chi connectivity index (χ0v) is 11.0. The molecule has 4 nitrogen and oxygen atoms in total. The van der Waals surface area contributed by atoms with E-state index < -0.39 is 0 Å². The topological polar surface area (TPSA) is 35.1 Å². The molecule has 0 unspecified atom stereocenters. The maximum Gasteiger partial charge on any atom is 0.137 e. The van der Waals surface area contributed by atoms with Gasteiger partial charge in [0, 0.05) is 30.4 Å². The van der Waals surface area contributed by atoms with Crippen LogP contribution in [0.2, 0.25) is 0 Å². The number of aromatic nitrogens is 4. The Labute approximate surface area is 120 Å². The van der Waals surface area contributed by atoms with Gasteiger partial charge in [0.05, 0.1) is 11.4 Å². The van der Waals surface area contributed by atoms with Crippen LogP contribution in [0.25, 0.3) is 22.6 Å². The highest BCUT2D eigenvalue weighted by molar-refractivity contribution is 5.63. The number of benzene rings is 1. The highest BCUT2D eigenvalue weighted by Crippen LogP contribution is 2.20. The molecule has 102 valence electrons. The Hall–Kier alpha value is -2.95. The van der Waals surface area contributed by atoms with Crippen LogP contribution in [0.15, 0.2) is 67.3 Å². The van der Waals surface area contributed by atoms with E-state index in [1.54, 1.807) is 23.0 Å². The Bertz CT molecular complexity index is 892. The van der Waals surface area contributed by atoms with Crippen molar-refractivity contribution in [2.24, 2.45) is 0 Å². The van der Waals surface area contributed by atoms with Gasteiger partial charge in [0.1, 0.15) is 11.5 Å². The van der Waals surface area contributed by atoms with Gasteiger partial charge in [-0.05, 0) is 42.5 Å². The van der Waals surface area contributed by atoms with Crippen LogP contribution in [0.3, 0.4) is 0 Å². The predicted molar refractivity (Wildman–Crippen MR) is 77.7 cm³/mol. The molecule has 0 radical (unpaired) electrons. The van der Waals surface area contributed by atoms with Crippen molar-refractivity contribution in [1.29, 1.82) is 0 Å². The monoisotopic (exact) mass is 278 g/mol. The standard InChI is InChI=1S/C16H11FN4/c17-13-4-2-12(3-5-13)15-11-20-10-14(6-7-16(20)19-15)21-9-1-8-18-21/h1-11H. The van der Waals surface area contributed by atoms with Gasteiger partial charge in [-0.3, -0.25) is 0 Å². The number of hydrogen-bond donors (Lipinski definition) is 0. The van der Waals surface area contributed by atoms with E-state index in [2.05, 4.69) is 10.1 Å². The summed E-state index contributed by atoms with van der Waals surface area (Å²) in [6, 6.07) is 12.1. The van der Waals surface area contributed by atoms with E-state index in [1.165, 1.54) is 12.1 Å². The third-order valence-electron chi connectivity index (χ3n) is 3.34. The van der Waals surface area contributed by atoms with Crippen molar-refractivity contribution < 1.29 is 4.39 Å². The highest BCUT2D eigenvalue weighted by atomic mass is 19.1. The van der Waals surface area contributed by atoms with Crippen LogP contribution >= 0.6 is 0 Å². The molecule has 0 amide bonds. The minimum atomic E-state index is -0.247. The first-order valence-corrected chi connectivity index (χ1v) is 6.54. The van der Waals surface area contributed by atoms with Gasteiger partial charge in [0.2, 0.25) is 0 Å².